The lowest BCUT2D eigenvalue weighted by molar-refractivity contribution is -0.479. The number of aryl methyl sites for hydroxylation is 2. The first-order valence-electron chi connectivity index (χ1n) is 9.44. The molecule has 1 atom stereocenters. The van der Waals surface area contributed by atoms with Gasteiger partial charge in [-0.2, -0.15) is 0 Å². The highest BCUT2D eigenvalue weighted by Crippen LogP contribution is 2.39. The van der Waals surface area contributed by atoms with Gasteiger partial charge in [-0.25, -0.2) is 0 Å². The molecule has 0 saturated carbocycles. The van der Waals surface area contributed by atoms with E-state index in [1.54, 1.807) is 18.2 Å². The molecular formula is C22H22N4O4S. The summed E-state index contributed by atoms with van der Waals surface area (Å²) in [7, 11) is 1.51. The monoisotopic (exact) mass is 438 g/mol. The van der Waals surface area contributed by atoms with Gasteiger partial charge in [0.25, 0.3) is 0 Å². The second kappa shape index (κ2) is 10.00. The second-order valence-electron chi connectivity index (χ2n) is 6.73. The predicted molar refractivity (Wildman–Crippen MR) is 119 cm³/mol. The Kier molecular flexibility index (Phi) is 7.15. The van der Waals surface area contributed by atoms with Crippen LogP contribution in [0, 0.1) is 36.3 Å². The molecular weight excluding hydrogens is 416 g/mol. The van der Waals surface area contributed by atoms with Gasteiger partial charge in [0.1, 0.15) is 17.7 Å². The molecule has 0 aliphatic rings. The van der Waals surface area contributed by atoms with E-state index in [1.807, 2.05) is 42.7 Å². The number of nitrogens with zero attached hydrogens (tertiary/aromatic N) is 4. The van der Waals surface area contributed by atoms with Gasteiger partial charge in [-0.1, -0.05) is 41.4 Å². The van der Waals surface area contributed by atoms with E-state index in [4.69, 9.17) is 15.9 Å². The Hall–Kier alpha value is -3.51. The van der Waals surface area contributed by atoms with Gasteiger partial charge in [0.2, 0.25) is 6.54 Å². The Balaban J connectivity index is 1.96. The molecule has 0 bridgehead atoms. The van der Waals surface area contributed by atoms with Crippen LogP contribution in [0.15, 0.2) is 47.6 Å². The van der Waals surface area contributed by atoms with Crippen LogP contribution in [0.2, 0.25) is 0 Å². The molecule has 0 radical (unpaired) electrons. The van der Waals surface area contributed by atoms with Gasteiger partial charge >= 0.3 is 0 Å². The molecule has 160 valence electrons. The standard InChI is InChI=1S/C22H22N4O4S/c1-5-12-30-19-11-8-17(13-20(19)29-4)21(14-25(27)28)31-22-24-23-16(3)26(22)18-9-6-15(2)7-10-18/h1,6-11,13,21H,12,14H2,2-4H3/t21-/m1/s1. The minimum absolute atomic E-state index is 0.0989. The smallest absolute Gasteiger partial charge is 0.220 e. The van der Waals surface area contributed by atoms with Crippen molar-refractivity contribution in [1.29, 1.82) is 0 Å². The Morgan fingerprint density at radius 3 is 2.58 bits per heavy atom. The molecule has 3 rings (SSSR count). The average Bonchev–Trinajstić information content (AvgIpc) is 3.12. The maximum Gasteiger partial charge on any atom is 0.220 e. The number of methoxy groups -OCH3 is 1. The molecule has 1 heterocycles. The van der Waals surface area contributed by atoms with Crippen LogP contribution in [-0.2, 0) is 0 Å². The number of rotatable bonds is 9. The quantitative estimate of drug-likeness (QED) is 0.216. The van der Waals surface area contributed by atoms with Gasteiger partial charge in [0.15, 0.2) is 16.7 Å². The number of nitro groups is 1. The van der Waals surface area contributed by atoms with E-state index in [2.05, 4.69) is 16.1 Å². The van der Waals surface area contributed by atoms with Crippen LogP contribution in [0.25, 0.3) is 5.69 Å². The Morgan fingerprint density at radius 2 is 1.94 bits per heavy atom. The van der Waals surface area contributed by atoms with Gasteiger partial charge in [0, 0.05) is 10.6 Å². The summed E-state index contributed by atoms with van der Waals surface area (Å²) in [5.41, 5.74) is 2.74. The van der Waals surface area contributed by atoms with Crippen molar-refractivity contribution in [3.8, 4) is 29.5 Å². The molecule has 0 saturated heterocycles. The van der Waals surface area contributed by atoms with Crippen molar-refractivity contribution >= 4 is 11.8 Å². The molecule has 31 heavy (non-hydrogen) atoms. The van der Waals surface area contributed by atoms with Crippen molar-refractivity contribution in [1.82, 2.24) is 14.8 Å². The van der Waals surface area contributed by atoms with Crippen molar-refractivity contribution in [2.75, 3.05) is 20.3 Å². The molecule has 0 fully saturated rings. The third-order valence-corrected chi connectivity index (χ3v) is 5.70. The van der Waals surface area contributed by atoms with E-state index < -0.39 is 5.25 Å². The predicted octanol–water partition coefficient (Wildman–Crippen LogP) is 4.01. The zero-order valence-electron chi connectivity index (χ0n) is 17.4. The van der Waals surface area contributed by atoms with E-state index in [-0.39, 0.29) is 18.1 Å². The van der Waals surface area contributed by atoms with Crippen LogP contribution < -0.4 is 9.47 Å². The second-order valence-corrected chi connectivity index (χ2v) is 7.90. The van der Waals surface area contributed by atoms with E-state index in [0.717, 1.165) is 11.3 Å². The molecule has 0 amide bonds. The lowest BCUT2D eigenvalue weighted by atomic mass is 10.1. The van der Waals surface area contributed by atoms with Crippen LogP contribution in [0.5, 0.6) is 11.5 Å². The van der Waals surface area contributed by atoms with E-state index in [9.17, 15) is 10.1 Å². The van der Waals surface area contributed by atoms with Crippen LogP contribution in [0.3, 0.4) is 0 Å². The van der Waals surface area contributed by atoms with Crippen LogP contribution in [0.4, 0.5) is 0 Å². The summed E-state index contributed by atoms with van der Waals surface area (Å²) in [5.74, 6) is 4.03. The van der Waals surface area contributed by atoms with Crippen LogP contribution >= 0.6 is 11.8 Å². The summed E-state index contributed by atoms with van der Waals surface area (Å²) in [4.78, 5) is 11.1. The third-order valence-electron chi connectivity index (χ3n) is 4.52. The summed E-state index contributed by atoms with van der Waals surface area (Å²) in [6.45, 7) is 3.66. The minimum atomic E-state index is -0.515. The Labute approximate surface area is 184 Å². The summed E-state index contributed by atoms with van der Waals surface area (Å²) >= 11 is 1.28. The molecule has 0 N–H and O–H groups in total. The summed E-state index contributed by atoms with van der Waals surface area (Å²) in [5, 5.41) is 19.9. The molecule has 0 aliphatic carbocycles. The van der Waals surface area contributed by atoms with Crippen molar-refractivity contribution in [3.63, 3.8) is 0 Å². The molecule has 0 spiro atoms. The largest absolute Gasteiger partial charge is 0.493 e. The maximum atomic E-state index is 11.4. The van der Waals surface area contributed by atoms with E-state index in [1.165, 1.54) is 18.9 Å². The summed E-state index contributed by atoms with van der Waals surface area (Å²) < 4.78 is 12.8. The normalized spacial score (nSPS) is 11.5. The highest BCUT2D eigenvalue weighted by Gasteiger charge is 2.25. The number of aromatic nitrogens is 3. The molecule has 9 heteroatoms. The first-order chi connectivity index (χ1) is 14.9. The number of benzene rings is 2. The van der Waals surface area contributed by atoms with Gasteiger partial charge in [0.05, 0.1) is 7.11 Å². The fourth-order valence-electron chi connectivity index (χ4n) is 3.01. The number of hydrogen-bond acceptors (Lipinski definition) is 7. The molecule has 2 aromatic carbocycles. The lowest BCUT2D eigenvalue weighted by Crippen LogP contribution is -2.11. The molecule has 1 aromatic heterocycles. The number of terminal acetylenes is 1. The average molecular weight is 439 g/mol. The van der Waals surface area contributed by atoms with Crippen molar-refractivity contribution in [2.24, 2.45) is 0 Å². The minimum Gasteiger partial charge on any atom is -0.493 e. The Bertz CT molecular complexity index is 1110. The zero-order chi connectivity index (χ0) is 22.4. The van der Waals surface area contributed by atoms with E-state index >= 15 is 0 Å². The topological polar surface area (TPSA) is 92.3 Å². The van der Waals surface area contributed by atoms with Gasteiger partial charge in [-0.05, 0) is 43.7 Å². The van der Waals surface area contributed by atoms with Crippen LogP contribution in [0.1, 0.15) is 22.2 Å². The summed E-state index contributed by atoms with van der Waals surface area (Å²) in [6, 6.07) is 13.1. The van der Waals surface area contributed by atoms with Crippen molar-refractivity contribution in [3.05, 3.63) is 69.5 Å². The van der Waals surface area contributed by atoms with E-state index in [0.29, 0.717) is 28.0 Å². The Morgan fingerprint density at radius 1 is 1.19 bits per heavy atom. The van der Waals surface area contributed by atoms with Gasteiger partial charge in [-0.15, -0.1) is 16.6 Å². The summed E-state index contributed by atoms with van der Waals surface area (Å²) in [6.07, 6.45) is 5.25. The number of thioether (sulfide) groups is 1. The fraction of sp³-hybridized carbons (Fsp3) is 0.273. The molecule has 0 unspecified atom stereocenters. The van der Waals surface area contributed by atoms with Gasteiger partial charge in [-0.3, -0.25) is 14.7 Å². The van der Waals surface area contributed by atoms with Crippen molar-refractivity contribution in [2.45, 2.75) is 24.3 Å². The first kappa shape index (κ1) is 22.2. The van der Waals surface area contributed by atoms with Crippen LogP contribution in [-0.4, -0.2) is 39.9 Å². The SMILES string of the molecule is C#CCOc1ccc([C@@H](C[N+](=O)[O-])Sc2nnc(C)n2-c2ccc(C)cc2)cc1OC. The molecule has 8 nitrogen and oxygen atoms in total. The highest BCUT2D eigenvalue weighted by molar-refractivity contribution is 7.99. The van der Waals surface area contributed by atoms with Crippen molar-refractivity contribution < 1.29 is 14.4 Å². The van der Waals surface area contributed by atoms with Gasteiger partial charge < -0.3 is 9.47 Å². The molecule has 0 aliphatic heterocycles. The highest BCUT2D eigenvalue weighted by atomic mass is 32.2. The number of hydrogen-bond donors (Lipinski definition) is 0. The third kappa shape index (κ3) is 5.35. The lowest BCUT2D eigenvalue weighted by Gasteiger charge is -2.16. The zero-order valence-corrected chi connectivity index (χ0v) is 18.3. The molecule has 3 aromatic rings. The maximum absolute atomic E-state index is 11.4. The fourth-order valence-corrected chi connectivity index (χ4v) is 4.17. The number of ether oxygens (including phenoxy) is 2. The first-order valence-corrected chi connectivity index (χ1v) is 10.3.